The van der Waals surface area contributed by atoms with E-state index in [9.17, 15) is 5.11 Å². The predicted octanol–water partition coefficient (Wildman–Crippen LogP) is 2.60. The number of rotatable bonds is 1. The van der Waals surface area contributed by atoms with E-state index >= 15 is 0 Å². The first-order valence-corrected chi connectivity index (χ1v) is 4.42. The standard InChI is InChI=1S/C10H8ClNO2/c1-14-7-3-2-6-4-9(13)10(11)12-8(6)5-7/h2-5,13H,1H3. The monoisotopic (exact) mass is 209 g/mol. The average molecular weight is 210 g/mol. The molecule has 0 atom stereocenters. The summed E-state index contributed by atoms with van der Waals surface area (Å²) >= 11 is 5.68. The van der Waals surface area contributed by atoms with Gasteiger partial charge >= 0.3 is 0 Å². The van der Waals surface area contributed by atoms with Crippen LogP contribution in [0.1, 0.15) is 0 Å². The highest BCUT2D eigenvalue weighted by Crippen LogP contribution is 2.27. The normalized spacial score (nSPS) is 10.4. The Hall–Kier alpha value is -1.48. The van der Waals surface area contributed by atoms with Crippen LogP contribution in [0.4, 0.5) is 0 Å². The van der Waals surface area contributed by atoms with Crippen LogP contribution in [0.3, 0.4) is 0 Å². The average Bonchev–Trinajstić information content (AvgIpc) is 2.19. The van der Waals surface area contributed by atoms with E-state index in [1.807, 2.05) is 6.07 Å². The lowest BCUT2D eigenvalue weighted by atomic mass is 10.2. The van der Waals surface area contributed by atoms with E-state index in [2.05, 4.69) is 4.98 Å². The molecule has 0 unspecified atom stereocenters. The lowest BCUT2D eigenvalue weighted by Gasteiger charge is -2.03. The molecule has 1 aromatic heterocycles. The molecule has 1 N–H and O–H groups in total. The Labute approximate surface area is 85.9 Å². The van der Waals surface area contributed by atoms with E-state index in [0.717, 1.165) is 5.39 Å². The van der Waals surface area contributed by atoms with Crippen molar-refractivity contribution in [3.05, 3.63) is 29.4 Å². The van der Waals surface area contributed by atoms with Crippen LogP contribution >= 0.6 is 11.6 Å². The lowest BCUT2D eigenvalue weighted by Crippen LogP contribution is -1.85. The van der Waals surface area contributed by atoms with E-state index in [1.165, 1.54) is 0 Å². The summed E-state index contributed by atoms with van der Waals surface area (Å²) in [5, 5.41) is 10.2. The smallest absolute Gasteiger partial charge is 0.171 e. The van der Waals surface area contributed by atoms with E-state index in [4.69, 9.17) is 16.3 Å². The quantitative estimate of drug-likeness (QED) is 0.735. The van der Waals surface area contributed by atoms with Gasteiger partial charge in [0.05, 0.1) is 12.6 Å². The number of aromatic nitrogens is 1. The summed E-state index contributed by atoms with van der Waals surface area (Å²) in [5.74, 6) is 0.705. The van der Waals surface area contributed by atoms with Gasteiger partial charge in [0.25, 0.3) is 0 Å². The fourth-order valence-corrected chi connectivity index (χ4v) is 1.38. The number of hydrogen-bond acceptors (Lipinski definition) is 3. The van der Waals surface area contributed by atoms with Crippen LogP contribution < -0.4 is 4.74 Å². The van der Waals surface area contributed by atoms with Gasteiger partial charge in [-0.25, -0.2) is 4.98 Å². The van der Waals surface area contributed by atoms with E-state index in [-0.39, 0.29) is 10.9 Å². The summed E-state index contributed by atoms with van der Waals surface area (Å²) in [4.78, 5) is 4.02. The van der Waals surface area contributed by atoms with E-state index in [1.54, 1.807) is 25.3 Å². The summed E-state index contributed by atoms with van der Waals surface area (Å²) < 4.78 is 5.05. The Balaban J connectivity index is 2.70. The molecule has 0 aliphatic rings. The van der Waals surface area contributed by atoms with Gasteiger partial charge < -0.3 is 9.84 Å². The zero-order valence-corrected chi connectivity index (χ0v) is 8.25. The minimum atomic E-state index is -0.00988. The molecule has 0 aliphatic carbocycles. The van der Waals surface area contributed by atoms with E-state index < -0.39 is 0 Å². The number of pyridine rings is 1. The van der Waals surface area contributed by atoms with Crippen molar-refractivity contribution in [2.75, 3.05) is 7.11 Å². The highest BCUT2D eigenvalue weighted by Gasteiger charge is 2.03. The number of nitrogens with zero attached hydrogens (tertiary/aromatic N) is 1. The number of methoxy groups -OCH3 is 1. The Morgan fingerprint density at radius 1 is 1.36 bits per heavy atom. The molecule has 1 aromatic carbocycles. The Kier molecular flexibility index (Phi) is 2.17. The second kappa shape index (κ2) is 3.35. The van der Waals surface area contributed by atoms with Gasteiger partial charge in [0.15, 0.2) is 10.9 Å². The third-order valence-corrected chi connectivity index (χ3v) is 2.24. The van der Waals surface area contributed by atoms with Gasteiger partial charge in [-0.05, 0) is 18.2 Å². The molecule has 0 saturated carbocycles. The van der Waals surface area contributed by atoms with Crippen molar-refractivity contribution in [1.82, 2.24) is 4.98 Å². The summed E-state index contributed by atoms with van der Waals surface area (Å²) in [6.45, 7) is 0. The van der Waals surface area contributed by atoms with Gasteiger partial charge in [-0.2, -0.15) is 0 Å². The zero-order chi connectivity index (χ0) is 10.1. The maximum Gasteiger partial charge on any atom is 0.171 e. The van der Waals surface area contributed by atoms with Crippen molar-refractivity contribution >= 4 is 22.5 Å². The summed E-state index contributed by atoms with van der Waals surface area (Å²) in [7, 11) is 1.59. The van der Waals surface area contributed by atoms with Gasteiger partial charge in [0, 0.05) is 11.5 Å². The van der Waals surface area contributed by atoms with Crippen molar-refractivity contribution in [2.24, 2.45) is 0 Å². The second-order valence-corrected chi connectivity index (χ2v) is 3.21. The summed E-state index contributed by atoms with van der Waals surface area (Å²) in [5.41, 5.74) is 0.701. The van der Waals surface area contributed by atoms with Gasteiger partial charge in [0.2, 0.25) is 0 Å². The molecule has 72 valence electrons. The molecule has 0 fully saturated rings. The van der Waals surface area contributed by atoms with Crippen LogP contribution in [0, 0.1) is 0 Å². The molecule has 0 spiro atoms. The second-order valence-electron chi connectivity index (χ2n) is 2.86. The van der Waals surface area contributed by atoms with Crippen molar-refractivity contribution < 1.29 is 9.84 Å². The molecule has 1 heterocycles. The minimum absolute atomic E-state index is 0.00988. The molecule has 0 amide bonds. The fraction of sp³-hybridized carbons (Fsp3) is 0.100. The number of fused-ring (bicyclic) bond motifs is 1. The molecule has 0 radical (unpaired) electrons. The number of ether oxygens (including phenoxy) is 1. The van der Waals surface area contributed by atoms with Crippen molar-refractivity contribution in [1.29, 1.82) is 0 Å². The first kappa shape index (κ1) is 9.09. The van der Waals surface area contributed by atoms with Crippen molar-refractivity contribution in [3.8, 4) is 11.5 Å². The van der Waals surface area contributed by atoms with Crippen LogP contribution in [-0.4, -0.2) is 17.2 Å². The van der Waals surface area contributed by atoms with E-state index in [0.29, 0.717) is 11.3 Å². The number of hydrogen-bond donors (Lipinski definition) is 1. The number of benzene rings is 1. The van der Waals surface area contributed by atoms with Gasteiger partial charge in [-0.3, -0.25) is 0 Å². The third-order valence-electron chi connectivity index (χ3n) is 1.96. The first-order chi connectivity index (χ1) is 6.70. The van der Waals surface area contributed by atoms with Crippen molar-refractivity contribution in [2.45, 2.75) is 0 Å². The highest BCUT2D eigenvalue weighted by molar-refractivity contribution is 6.31. The Morgan fingerprint density at radius 3 is 2.86 bits per heavy atom. The maximum atomic E-state index is 9.32. The Bertz CT molecular complexity index is 485. The van der Waals surface area contributed by atoms with Gasteiger partial charge in [0.1, 0.15) is 5.75 Å². The molecule has 2 rings (SSSR count). The van der Waals surface area contributed by atoms with Crippen LogP contribution in [0.5, 0.6) is 11.5 Å². The first-order valence-electron chi connectivity index (χ1n) is 4.04. The lowest BCUT2D eigenvalue weighted by molar-refractivity contribution is 0.415. The van der Waals surface area contributed by atoms with Gasteiger partial charge in [-0.15, -0.1) is 0 Å². The van der Waals surface area contributed by atoms with Gasteiger partial charge in [-0.1, -0.05) is 11.6 Å². The van der Waals surface area contributed by atoms with Crippen molar-refractivity contribution in [3.63, 3.8) is 0 Å². The summed E-state index contributed by atoms with van der Waals surface area (Å²) in [6, 6.07) is 6.96. The molecule has 4 heteroatoms. The molecule has 0 saturated heterocycles. The molecule has 0 aliphatic heterocycles. The number of halogens is 1. The Morgan fingerprint density at radius 2 is 2.14 bits per heavy atom. The highest BCUT2D eigenvalue weighted by atomic mass is 35.5. The molecule has 2 aromatic rings. The van der Waals surface area contributed by atoms with Crippen LogP contribution in [0.2, 0.25) is 5.15 Å². The molecular weight excluding hydrogens is 202 g/mol. The predicted molar refractivity (Wildman–Crippen MR) is 55.0 cm³/mol. The van der Waals surface area contributed by atoms with Crippen LogP contribution in [-0.2, 0) is 0 Å². The summed E-state index contributed by atoms with van der Waals surface area (Å²) in [6.07, 6.45) is 0. The minimum Gasteiger partial charge on any atom is -0.505 e. The van der Waals surface area contributed by atoms with Crippen LogP contribution in [0.25, 0.3) is 10.9 Å². The number of aromatic hydroxyl groups is 1. The topological polar surface area (TPSA) is 42.4 Å². The van der Waals surface area contributed by atoms with Crippen LogP contribution in [0.15, 0.2) is 24.3 Å². The largest absolute Gasteiger partial charge is 0.505 e. The molecule has 14 heavy (non-hydrogen) atoms. The molecule has 0 bridgehead atoms. The maximum absolute atomic E-state index is 9.32. The molecular formula is C10H8ClNO2. The fourth-order valence-electron chi connectivity index (χ4n) is 1.24. The SMILES string of the molecule is COc1ccc2cc(O)c(Cl)nc2c1. The third kappa shape index (κ3) is 1.46. The zero-order valence-electron chi connectivity index (χ0n) is 7.49. The molecule has 3 nitrogen and oxygen atoms in total.